The SMILES string of the molecule is Cc1cc(C)n2nc(CC(=O)NC[C@@H](C)N3CCC[C@H](C)C3)nc2n1. The average molecular weight is 344 g/mol. The number of carbonyl (C=O) groups excluding carboxylic acids is 1. The molecular weight excluding hydrogens is 316 g/mol. The van der Waals surface area contributed by atoms with Crippen molar-refractivity contribution < 1.29 is 4.79 Å². The molecule has 1 aliphatic rings. The predicted molar refractivity (Wildman–Crippen MR) is 96.4 cm³/mol. The molecule has 1 fully saturated rings. The van der Waals surface area contributed by atoms with E-state index in [1.807, 2.05) is 19.9 Å². The molecule has 1 amide bonds. The molecular formula is C18H28N6O. The lowest BCUT2D eigenvalue weighted by Gasteiger charge is -2.35. The largest absolute Gasteiger partial charge is 0.354 e. The summed E-state index contributed by atoms with van der Waals surface area (Å²) in [5.41, 5.74) is 1.87. The van der Waals surface area contributed by atoms with Crippen molar-refractivity contribution in [3.8, 4) is 0 Å². The van der Waals surface area contributed by atoms with Gasteiger partial charge in [0, 0.05) is 30.5 Å². The van der Waals surface area contributed by atoms with Crippen molar-refractivity contribution in [1.82, 2.24) is 29.8 Å². The number of hydrogen-bond donors (Lipinski definition) is 1. The summed E-state index contributed by atoms with van der Waals surface area (Å²) in [4.78, 5) is 23.4. The lowest BCUT2D eigenvalue weighted by atomic mass is 9.99. The molecule has 2 aromatic heterocycles. The summed E-state index contributed by atoms with van der Waals surface area (Å²) in [5, 5.41) is 7.42. The van der Waals surface area contributed by atoms with Crippen molar-refractivity contribution in [2.24, 2.45) is 5.92 Å². The number of fused-ring (bicyclic) bond motifs is 1. The fraction of sp³-hybridized carbons (Fsp3) is 0.667. The Bertz CT molecular complexity index is 755. The monoisotopic (exact) mass is 344 g/mol. The number of piperidine rings is 1. The van der Waals surface area contributed by atoms with Gasteiger partial charge in [0.05, 0.1) is 6.42 Å². The molecule has 0 radical (unpaired) electrons. The highest BCUT2D eigenvalue weighted by Crippen LogP contribution is 2.17. The summed E-state index contributed by atoms with van der Waals surface area (Å²) in [7, 11) is 0. The van der Waals surface area contributed by atoms with Crippen molar-refractivity contribution in [3.63, 3.8) is 0 Å². The fourth-order valence-corrected chi connectivity index (χ4v) is 3.51. The van der Waals surface area contributed by atoms with Crippen LogP contribution in [0.3, 0.4) is 0 Å². The lowest BCUT2D eigenvalue weighted by Crippen LogP contribution is -2.46. The Morgan fingerprint density at radius 1 is 1.40 bits per heavy atom. The highest BCUT2D eigenvalue weighted by atomic mass is 16.1. The van der Waals surface area contributed by atoms with Crippen molar-refractivity contribution in [2.75, 3.05) is 19.6 Å². The van der Waals surface area contributed by atoms with E-state index in [0.717, 1.165) is 30.4 Å². The molecule has 0 saturated carbocycles. The van der Waals surface area contributed by atoms with Gasteiger partial charge in [-0.3, -0.25) is 9.69 Å². The summed E-state index contributed by atoms with van der Waals surface area (Å²) >= 11 is 0. The van der Waals surface area contributed by atoms with Crippen LogP contribution in [0.2, 0.25) is 0 Å². The first kappa shape index (κ1) is 17.8. The Morgan fingerprint density at radius 2 is 2.20 bits per heavy atom. The van der Waals surface area contributed by atoms with Gasteiger partial charge in [0.1, 0.15) is 0 Å². The number of amides is 1. The van der Waals surface area contributed by atoms with Crippen LogP contribution in [0, 0.1) is 19.8 Å². The zero-order chi connectivity index (χ0) is 18.0. The maximum atomic E-state index is 12.3. The van der Waals surface area contributed by atoms with Crippen LogP contribution in [0.1, 0.15) is 43.9 Å². The maximum absolute atomic E-state index is 12.3. The number of aryl methyl sites for hydroxylation is 2. The van der Waals surface area contributed by atoms with Crippen molar-refractivity contribution in [3.05, 3.63) is 23.3 Å². The lowest BCUT2D eigenvalue weighted by molar-refractivity contribution is -0.120. The maximum Gasteiger partial charge on any atom is 0.252 e. The minimum atomic E-state index is -0.0396. The molecule has 0 aliphatic carbocycles. The number of nitrogens with zero attached hydrogens (tertiary/aromatic N) is 5. The zero-order valence-corrected chi connectivity index (χ0v) is 15.6. The summed E-state index contributed by atoms with van der Waals surface area (Å²) in [6.45, 7) is 11.3. The third-order valence-corrected chi connectivity index (χ3v) is 4.89. The smallest absolute Gasteiger partial charge is 0.252 e. The standard InChI is InChI=1S/C18H28N6O/c1-12-6-5-7-23(11-12)15(4)10-19-17(25)9-16-21-18-20-13(2)8-14(3)24(18)22-16/h8,12,15H,5-7,9-11H2,1-4H3,(H,19,25)/t12-,15+/m0/s1. The van der Waals surface area contributed by atoms with E-state index in [1.165, 1.54) is 12.8 Å². The summed E-state index contributed by atoms with van der Waals surface area (Å²) < 4.78 is 1.69. The van der Waals surface area contributed by atoms with Gasteiger partial charge in [0.15, 0.2) is 5.82 Å². The van der Waals surface area contributed by atoms with Crippen LogP contribution in [-0.2, 0) is 11.2 Å². The molecule has 0 unspecified atom stereocenters. The number of aromatic nitrogens is 4. The second-order valence-electron chi connectivity index (χ2n) is 7.35. The molecule has 3 heterocycles. The van der Waals surface area contributed by atoms with Gasteiger partial charge in [-0.15, -0.1) is 5.10 Å². The fourth-order valence-electron chi connectivity index (χ4n) is 3.51. The van der Waals surface area contributed by atoms with Gasteiger partial charge in [0.2, 0.25) is 5.91 Å². The van der Waals surface area contributed by atoms with E-state index in [1.54, 1.807) is 4.52 Å². The molecule has 7 heteroatoms. The predicted octanol–water partition coefficient (Wildman–Crippen LogP) is 1.52. The average Bonchev–Trinajstić information content (AvgIpc) is 2.95. The Balaban J connectivity index is 1.55. The summed E-state index contributed by atoms with van der Waals surface area (Å²) in [6.07, 6.45) is 2.74. The van der Waals surface area contributed by atoms with E-state index in [0.29, 0.717) is 24.2 Å². The van der Waals surface area contributed by atoms with E-state index < -0.39 is 0 Å². The summed E-state index contributed by atoms with van der Waals surface area (Å²) in [6, 6.07) is 2.31. The van der Waals surface area contributed by atoms with Crippen LogP contribution in [0.4, 0.5) is 0 Å². The molecule has 2 atom stereocenters. The zero-order valence-electron chi connectivity index (χ0n) is 15.6. The molecule has 7 nitrogen and oxygen atoms in total. The summed E-state index contributed by atoms with van der Waals surface area (Å²) in [5.74, 6) is 1.77. The van der Waals surface area contributed by atoms with Crippen molar-refractivity contribution in [1.29, 1.82) is 0 Å². The normalized spacial score (nSPS) is 19.9. The Hall–Kier alpha value is -2.02. The first-order valence-corrected chi connectivity index (χ1v) is 9.13. The molecule has 1 aliphatic heterocycles. The van der Waals surface area contributed by atoms with Crippen LogP contribution in [0.5, 0.6) is 0 Å². The van der Waals surface area contributed by atoms with E-state index >= 15 is 0 Å². The minimum absolute atomic E-state index is 0.0396. The number of likely N-dealkylation sites (tertiary alicyclic amines) is 1. The molecule has 0 spiro atoms. The molecule has 25 heavy (non-hydrogen) atoms. The molecule has 0 aromatic carbocycles. The van der Waals surface area contributed by atoms with E-state index in [-0.39, 0.29) is 12.3 Å². The highest BCUT2D eigenvalue weighted by Gasteiger charge is 2.21. The van der Waals surface area contributed by atoms with Crippen LogP contribution in [0.15, 0.2) is 6.07 Å². The van der Waals surface area contributed by atoms with Gasteiger partial charge in [-0.05, 0) is 52.1 Å². The van der Waals surface area contributed by atoms with Crippen LogP contribution < -0.4 is 5.32 Å². The Kier molecular flexibility index (Phi) is 5.32. The molecule has 136 valence electrons. The number of carbonyl (C=O) groups is 1. The van der Waals surface area contributed by atoms with Gasteiger partial charge >= 0.3 is 0 Å². The third-order valence-electron chi connectivity index (χ3n) is 4.89. The van der Waals surface area contributed by atoms with Crippen LogP contribution in [-0.4, -0.2) is 56.1 Å². The second-order valence-corrected chi connectivity index (χ2v) is 7.35. The molecule has 1 saturated heterocycles. The van der Waals surface area contributed by atoms with E-state index in [2.05, 4.69) is 39.1 Å². The third kappa shape index (κ3) is 4.34. The number of nitrogens with one attached hydrogen (secondary N) is 1. The van der Waals surface area contributed by atoms with E-state index in [9.17, 15) is 4.79 Å². The molecule has 2 aromatic rings. The van der Waals surface area contributed by atoms with Crippen molar-refractivity contribution in [2.45, 2.75) is 53.0 Å². The topological polar surface area (TPSA) is 75.4 Å². The first-order valence-electron chi connectivity index (χ1n) is 9.13. The molecule has 1 N–H and O–H groups in total. The molecule has 0 bridgehead atoms. The highest BCUT2D eigenvalue weighted by molar-refractivity contribution is 5.77. The van der Waals surface area contributed by atoms with Crippen LogP contribution in [0.25, 0.3) is 5.78 Å². The Morgan fingerprint density at radius 3 is 2.96 bits per heavy atom. The first-order chi connectivity index (χ1) is 11.9. The Labute approximate surface area is 148 Å². The minimum Gasteiger partial charge on any atom is -0.354 e. The number of rotatable bonds is 5. The van der Waals surface area contributed by atoms with Crippen molar-refractivity contribution >= 4 is 11.7 Å². The van der Waals surface area contributed by atoms with Gasteiger partial charge < -0.3 is 5.32 Å². The van der Waals surface area contributed by atoms with Gasteiger partial charge in [-0.1, -0.05) is 6.92 Å². The second kappa shape index (κ2) is 7.47. The van der Waals surface area contributed by atoms with Gasteiger partial charge in [0.25, 0.3) is 5.78 Å². The number of hydrogen-bond acceptors (Lipinski definition) is 5. The van der Waals surface area contributed by atoms with Crippen LogP contribution >= 0.6 is 0 Å². The van der Waals surface area contributed by atoms with Gasteiger partial charge in [-0.2, -0.15) is 4.98 Å². The van der Waals surface area contributed by atoms with E-state index in [4.69, 9.17) is 0 Å². The molecule has 3 rings (SSSR count). The quantitative estimate of drug-likeness (QED) is 0.890. The van der Waals surface area contributed by atoms with Gasteiger partial charge in [-0.25, -0.2) is 9.50 Å².